The summed E-state index contributed by atoms with van der Waals surface area (Å²) in [7, 11) is 1.79. The quantitative estimate of drug-likeness (QED) is 0.790. The van der Waals surface area contributed by atoms with Gasteiger partial charge in [-0.1, -0.05) is 12.1 Å². The first-order valence-electron chi connectivity index (χ1n) is 5.31. The summed E-state index contributed by atoms with van der Waals surface area (Å²) in [4.78, 5) is 0. The van der Waals surface area contributed by atoms with E-state index in [9.17, 15) is 0 Å². The second kappa shape index (κ2) is 6.45. The summed E-state index contributed by atoms with van der Waals surface area (Å²) in [6.07, 6.45) is 0.259. The third-order valence-corrected chi connectivity index (χ3v) is 2.33. The van der Waals surface area contributed by atoms with Crippen molar-refractivity contribution in [2.75, 3.05) is 12.4 Å². The summed E-state index contributed by atoms with van der Waals surface area (Å²) in [5.41, 5.74) is 2.14. The molecular weight excluding hydrogens is 220 g/mol. The van der Waals surface area contributed by atoms with E-state index in [2.05, 4.69) is 10.6 Å². The predicted molar refractivity (Wildman–Crippen MR) is 71.6 cm³/mol. The predicted octanol–water partition coefficient (Wildman–Crippen LogP) is 2.53. The first kappa shape index (κ1) is 12.9. The molecule has 0 atom stereocenters. The lowest BCUT2D eigenvalue weighted by Crippen LogP contribution is -2.24. The molecule has 0 saturated carbocycles. The van der Waals surface area contributed by atoms with Crippen LogP contribution >= 0.6 is 12.2 Å². The van der Waals surface area contributed by atoms with Gasteiger partial charge >= 0.3 is 0 Å². The molecule has 3 nitrogen and oxygen atoms in total. The number of ether oxygens (including phenoxy) is 1. The minimum Gasteiger partial charge on any atom is -0.374 e. The molecule has 0 saturated heterocycles. The summed E-state index contributed by atoms with van der Waals surface area (Å²) in [5, 5.41) is 6.54. The van der Waals surface area contributed by atoms with Crippen LogP contribution in [0.5, 0.6) is 0 Å². The second-order valence-corrected chi connectivity index (χ2v) is 4.17. The molecule has 0 aromatic heterocycles. The first-order chi connectivity index (χ1) is 7.61. The zero-order valence-corrected chi connectivity index (χ0v) is 10.7. The van der Waals surface area contributed by atoms with E-state index in [-0.39, 0.29) is 6.10 Å². The zero-order valence-electron chi connectivity index (χ0n) is 9.91. The third-order valence-electron chi connectivity index (χ3n) is 2.02. The fraction of sp³-hybridized carbons (Fsp3) is 0.417. The molecular formula is C12H18N2OS. The van der Waals surface area contributed by atoms with E-state index in [1.807, 2.05) is 38.1 Å². The van der Waals surface area contributed by atoms with Gasteiger partial charge < -0.3 is 15.4 Å². The van der Waals surface area contributed by atoms with Gasteiger partial charge in [0.1, 0.15) is 0 Å². The molecule has 0 aliphatic carbocycles. The molecule has 0 aliphatic rings. The van der Waals surface area contributed by atoms with Crippen molar-refractivity contribution in [1.82, 2.24) is 5.32 Å². The fourth-order valence-electron chi connectivity index (χ4n) is 1.14. The number of benzene rings is 1. The van der Waals surface area contributed by atoms with Crippen molar-refractivity contribution in [3.8, 4) is 0 Å². The molecule has 0 spiro atoms. The Kier molecular flexibility index (Phi) is 5.22. The summed E-state index contributed by atoms with van der Waals surface area (Å²) >= 11 is 5.01. The largest absolute Gasteiger partial charge is 0.374 e. The summed E-state index contributed by atoms with van der Waals surface area (Å²) in [6, 6.07) is 8.04. The minimum absolute atomic E-state index is 0.259. The van der Waals surface area contributed by atoms with Crippen molar-refractivity contribution in [2.45, 2.75) is 26.6 Å². The van der Waals surface area contributed by atoms with E-state index in [0.717, 1.165) is 11.3 Å². The Morgan fingerprint density at radius 3 is 2.44 bits per heavy atom. The van der Waals surface area contributed by atoms with Gasteiger partial charge in [0.25, 0.3) is 0 Å². The molecule has 1 aromatic carbocycles. The normalized spacial score (nSPS) is 10.2. The van der Waals surface area contributed by atoms with Gasteiger partial charge in [-0.05, 0) is 43.8 Å². The number of hydrogen-bond donors (Lipinski definition) is 2. The van der Waals surface area contributed by atoms with E-state index in [4.69, 9.17) is 17.0 Å². The molecule has 16 heavy (non-hydrogen) atoms. The Balaban J connectivity index is 2.51. The van der Waals surface area contributed by atoms with Crippen LogP contribution < -0.4 is 10.6 Å². The molecule has 4 heteroatoms. The minimum atomic E-state index is 0.259. The maximum atomic E-state index is 5.51. The standard InChI is InChI=1S/C12H18N2OS/c1-9(2)15-8-10-4-6-11(7-5-10)14-12(16)13-3/h4-7,9H,8H2,1-3H3,(H2,13,14,16). The van der Waals surface area contributed by atoms with Gasteiger partial charge in [0.15, 0.2) is 5.11 Å². The molecule has 0 amide bonds. The van der Waals surface area contributed by atoms with Crippen LogP contribution in [0, 0.1) is 0 Å². The van der Waals surface area contributed by atoms with Crippen LogP contribution in [-0.2, 0) is 11.3 Å². The van der Waals surface area contributed by atoms with Gasteiger partial charge in [-0.2, -0.15) is 0 Å². The van der Waals surface area contributed by atoms with Crippen molar-refractivity contribution in [3.63, 3.8) is 0 Å². The molecule has 0 fully saturated rings. The monoisotopic (exact) mass is 238 g/mol. The highest BCUT2D eigenvalue weighted by atomic mass is 32.1. The Hall–Kier alpha value is -1.13. The van der Waals surface area contributed by atoms with Gasteiger partial charge in [-0.25, -0.2) is 0 Å². The Bertz CT molecular complexity index is 335. The number of thiocarbonyl (C=S) groups is 1. The maximum Gasteiger partial charge on any atom is 0.170 e. The lowest BCUT2D eigenvalue weighted by Gasteiger charge is -2.09. The molecule has 0 bridgehead atoms. The van der Waals surface area contributed by atoms with E-state index in [0.29, 0.717) is 11.7 Å². The highest BCUT2D eigenvalue weighted by Crippen LogP contribution is 2.10. The highest BCUT2D eigenvalue weighted by Gasteiger charge is 1.98. The summed E-state index contributed by atoms with van der Waals surface area (Å²) in [6.45, 7) is 4.71. The smallest absolute Gasteiger partial charge is 0.170 e. The van der Waals surface area contributed by atoms with Crippen LogP contribution in [0.15, 0.2) is 24.3 Å². The second-order valence-electron chi connectivity index (χ2n) is 3.76. The topological polar surface area (TPSA) is 33.3 Å². The highest BCUT2D eigenvalue weighted by molar-refractivity contribution is 7.80. The van der Waals surface area contributed by atoms with E-state index in [1.54, 1.807) is 7.05 Å². The molecule has 0 heterocycles. The van der Waals surface area contributed by atoms with Crippen LogP contribution in [0.1, 0.15) is 19.4 Å². The molecule has 88 valence electrons. The van der Waals surface area contributed by atoms with Gasteiger partial charge in [-0.3, -0.25) is 0 Å². The van der Waals surface area contributed by atoms with Crippen molar-refractivity contribution in [3.05, 3.63) is 29.8 Å². The SMILES string of the molecule is CNC(=S)Nc1ccc(COC(C)C)cc1. The Morgan fingerprint density at radius 1 is 1.31 bits per heavy atom. The molecule has 0 unspecified atom stereocenters. The van der Waals surface area contributed by atoms with Crippen LogP contribution in [0.25, 0.3) is 0 Å². The average molecular weight is 238 g/mol. The van der Waals surface area contributed by atoms with Crippen LogP contribution in [0.2, 0.25) is 0 Å². The summed E-state index contributed by atoms with van der Waals surface area (Å²) < 4.78 is 5.51. The van der Waals surface area contributed by atoms with E-state index in [1.165, 1.54) is 0 Å². The van der Waals surface area contributed by atoms with Crippen molar-refractivity contribution in [2.24, 2.45) is 0 Å². The lowest BCUT2D eigenvalue weighted by molar-refractivity contribution is 0.0657. The molecule has 2 N–H and O–H groups in total. The number of rotatable bonds is 4. The van der Waals surface area contributed by atoms with E-state index < -0.39 is 0 Å². The van der Waals surface area contributed by atoms with Crippen molar-refractivity contribution in [1.29, 1.82) is 0 Å². The van der Waals surface area contributed by atoms with Crippen LogP contribution in [0.4, 0.5) is 5.69 Å². The van der Waals surface area contributed by atoms with Gasteiger partial charge in [0.2, 0.25) is 0 Å². The molecule has 1 aromatic rings. The number of nitrogens with one attached hydrogen (secondary N) is 2. The number of anilines is 1. The van der Waals surface area contributed by atoms with Crippen molar-refractivity contribution < 1.29 is 4.74 Å². The molecule has 0 aliphatic heterocycles. The Morgan fingerprint density at radius 2 is 1.94 bits per heavy atom. The zero-order chi connectivity index (χ0) is 12.0. The first-order valence-corrected chi connectivity index (χ1v) is 5.72. The van der Waals surface area contributed by atoms with Gasteiger partial charge in [0.05, 0.1) is 12.7 Å². The van der Waals surface area contributed by atoms with Crippen molar-refractivity contribution >= 4 is 23.0 Å². The van der Waals surface area contributed by atoms with Crippen LogP contribution in [-0.4, -0.2) is 18.3 Å². The van der Waals surface area contributed by atoms with Crippen LogP contribution in [0.3, 0.4) is 0 Å². The van der Waals surface area contributed by atoms with E-state index >= 15 is 0 Å². The third kappa shape index (κ3) is 4.59. The van der Waals surface area contributed by atoms with Gasteiger partial charge in [0, 0.05) is 12.7 Å². The molecule has 0 radical (unpaired) electrons. The number of hydrogen-bond acceptors (Lipinski definition) is 2. The summed E-state index contributed by atoms with van der Waals surface area (Å²) in [5.74, 6) is 0. The fourth-order valence-corrected chi connectivity index (χ4v) is 1.26. The average Bonchev–Trinajstić information content (AvgIpc) is 2.28. The molecule has 1 rings (SSSR count). The lowest BCUT2D eigenvalue weighted by atomic mass is 10.2. The maximum absolute atomic E-state index is 5.51. The Labute approximate surface area is 102 Å². The van der Waals surface area contributed by atoms with Gasteiger partial charge in [-0.15, -0.1) is 0 Å².